The van der Waals surface area contributed by atoms with Gasteiger partial charge in [-0.2, -0.15) is 0 Å². The molecule has 130 valence electrons. The topological polar surface area (TPSA) is 73.5 Å². The first-order valence-corrected chi connectivity index (χ1v) is 8.74. The molecule has 0 aromatic heterocycles. The molecular formula is C18H26N4O2. The van der Waals surface area contributed by atoms with Gasteiger partial charge < -0.3 is 16.0 Å². The van der Waals surface area contributed by atoms with Gasteiger partial charge in [-0.1, -0.05) is 0 Å². The molecule has 1 aromatic rings. The van der Waals surface area contributed by atoms with Crippen molar-refractivity contribution in [1.29, 1.82) is 0 Å². The summed E-state index contributed by atoms with van der Waals surface area (Å²) in [5.41, 5.74) is 1.29. The molecule has 0 unspecified atom stereocenters. The highest BCUT2D eigenvalue weighted by atomic mass is 16.2. The number of likely N-dealkylation sites (tertiary alicyclic amines) is 1. The van der Waals surface area contributed by atoms with Crippen LogP contribution in [0.4, 0.5) is 10.5 Å². The zero-order valence-electron chi connectivity index (χ0n) is 14.3. The Balaban J connectivity index is 1.49. The molecule has 0 bridgehead atoms. The van der Waals surface area contributed by atoms with Crippen molar-refractivity contribution >= 4 is 17.6 Å². The number of anilines is 1. The average Bonchev–Trinajstić information content (AvgIpc) is 3.27. The fourth-order valence-corrected chi connectivity index (χ4v) is 3.08. The Kier molecular flexibility index (Phi) is 5.04. The normalized spacial score (nSPS) is 20.9. The highest BCUT2D eigenvalue weighted by Crippen LogP contribution is 2.29. The third-order valence-corrected chi connectivity index (χ3v) is 4.44. The predicted molar refractivity (Wildman–Crippen MR) is 94.2 cm³/mol. The van der Waals surface area contributed by atoms with Crippen LogP contribution < -0.4 is 16.0 Å². The van der Waals surface area contributed by atoms with Crippen LogP contribution >= 0.6 is 0 Å². The third-order valence-electron chi connectivity index (χ3n) is 4.44. The number of nitrogens with one attached hydrogen (secondary N) is 3. The average molecular weight is 330 g/mol. The van der Waals surface area contributed by atoms with E-state index in [1.165, 1.54) is 12.8 Å². The molecule has 0 spiro atoms. The highest BCUT2D eigenvalue weighted by molar-refractivity contribution is 5.95. The first-order valence-electron chi connectivity index (χ1n) is 8.74. The summed E-state index contributed by atoms with van der Waals surface area (Å²) in [6, 6.07) is 7.83. The zero-order valence-corrected chi connectivity index (χ0v) is 14.3. The molecule has 1 heterocycles. The fraction of sp³-hybridized carbons (Fsp3) is 0.556. The molecule has 6 heteroatoms. The van der Waals surface area contributed by atoms with Gasteiger partial charge >= 0.3 is 6.03 Å². The van der Waals surface area contributed by atoms with Crippen LogP contribution in [0.2, 0.25) is 0 Å². The van der Waals surface area contributed by atoms with Crippen molar-refractivity contribution in [2.75, 3.05) is 18.4 Å². The van der Waals surface area contributed by atoms with Crippen LogP contribution in [0.3, 0.4) is 0 Å². The lowest BCUT2D eigenvalue weighted by Gasteiger charge is -2.16. The van der Waals surface area contributed by atoms with Crippen LogP contribution in [0, 0.1) is 0 Å². The van der Waals surface area contributed by atoms with Crippen LogP contribution in [0.15, 0.2) is 24.3 Å². The standard InChI is InChI=1S/C18H26N4O2/c1-12(2)19-18(24)21-14-5-3-13(4-6-14)17(23)20-15-9-10-22(11-15)16-7-8-16/h3-6,12,15-16H,7-11H2,1-2H3,(H,20,23)(H2,19,21,24)/t15-/m1/s1. The van der Waals surface area contributed by atoms with E-state index in [1.54, 1.807) is 24.3 Å². The summed E-state index contributed by atoms with van der Waals surface area (Å²) in [6.07, 6.45) is 3.64. The first-order chi connectivity index (χ1) is 11.5. The van der Waals surface area contributed by atoms with Gasteiger partial charge in [0.25, 0.3) is 5.91 Å². The lowest BCUT2D eigenvalue weighted by Crippen LogP contribution is -2.37. The summed E-state index contributed by atoms with van der Waals surface area (Å²) in [6.45, 7) is 5.86. The quantitative estimate of drug-likeness (QED) is 0.775. The molecule has 1 saturated heterocycles. The van der Waals surface area contributed by atoms with E-state index in [4.69, 9.17) is 0 Å². The minimum Gasteiger partial charge on any atom is -0.348 e. The van der Waals surface area contributed by atoms with E-state index >= 15 is 0 Å². The summed E-state index contributed by atoms with van der Waals surface area (Å²) in [4.78, 5) is 26.5. The number of carbonyl (C=O) groups is 2. The molecule has 6 nitrogen and oxygen atoms in total. The molecule has 1 saturated carbocycles. The van der Waals surface area contributed by atoms with Gasteiger partial charge in [0, 0.05) is 42.5 Å². The molecule has 3 amide bonds. The van der Waals surface area contributed by atoms with Gasteiger partial charge in [-0.05, 0) is 57.4 Å². The molecule has 3 N–H and O–H groups in total. The maximum Gasteiger partial charge on any atom is 0.319 e. The smallest absolute Gasteiger partial charge is 0.319 e. The van der Waals surface area contributed by atoms with Crippen molar-refractivity contribution in [1.82, 2.24) is 15.5 Å². The van der Waals surface area contributed by atoms with Crippen molar-refractivity contribution in [3.63, 3.8) is 0 Å². The molecule has 2 aliphatic rings. The van der Waals surface area contributed by atoms with E-state index < -0.39 is 0 Å². The number of rotatable bonds is 5. The van der Waals surface area contributed by atoms with E-state index in [1.807, 2.05) is 13.8 Å². The summed E-state index contributed by atoms with van der Waals surface area (Å²) in [5.74, 6) is -0.0455. The summed E-state index contributed by atoms with van der Waals surface area (Å²) in [5, 5.41) is 8.62. The molecule has 24 heavy (non-hydrogen) atoms. The first kappa shape index (κ1) is 16.8. The second-order valence-electron chi connectivity index (χ2n) is 7.02. The lowest BCUT2D eigenvalue weighted by molar-refractivity contribution is 0.0937. The molecular weight excluding hydrogens is 304 g/mol. The van der Waals surface area contributed by atoms with E-state index in [-0.39, 0.29) is 24.0 Å². The highest BCUT2D eigenvalue weighted by Gasteiger charge is 2.34. The van der Waals surface area contributed by atoms with Crippen molar-refractivity contribution in [2.45, 2.75) is 51.2 Å². The SMILES string of the molecule is CC(C)NC(=O)Nc1ccc(C(=O)N[C@@H]2CCN(C3CC3)C2)cc1. The monoisotopic (exact) mass is 330 g/mol. The van der Waals surface area contributed by atoms with Crippen LogP contribution in [0.5, 0.6) is 0 Å². The number of nitrogens with zero attached hydrogens (tertiary/aromatic N) is 1. The second-order valence-corrected chi connectivity index (χ2v) is 7.02. The molecule has 1 aliphatic carbocycles. The number of benzene rings is 1. The Hall–Kier alpha value is -2.08. The van der Waals surface area contributed by atoms with E-state index in [0.717, 1.165) is 25.6 Å². The largest absolute Gasteiger partial charge is 0.348 e. The number of amides is 3. The van der Waals surface area contributed by atoms with Gasteiger partial charge in [-0.3, -0.25) is 9.69 Å². The van der Waals surface area contributed by atoms with Crippen LogP contribution in [0.1, 0.15) is 43.5 Å². The van der Waals surface area contributed by atoms with Crippen molar-refractivity contribution in [3.05, 3.63) is 29.8 Å². The van der Waals surface area contributed by atoms with E-state index in [2.05, 4.69) is 20.9 Å². The summed E-state index contributed by atoms with van der Waals surface area (Å²) in [7, 11) is 0. The predicted octanol–water partition coefficient (Wildman–Crippen LogP) is 2.18. The second kappa shape index (κ2) is 7.21. The maximum atomic E-state index is 12.3. The van der Waals surface area contributed by atoms with Crippen LogP contribution in [-0.2, 0) is 0 Å². The number of urea groups is 1. The van der Waals surface area contributed by atoms with Crippen molar-refractivity contribution in [3.8, 4) is 0 Å². The number of hydrogen-bond acceptors (Lipinski definition) is 3. The Labute approximate surface area is 143 Å². The molecule has 2 fully saturated rings. The number of carbonyl (C=O) groups excluding carboxylic acids is 2. The van der Waals surface area contributed by atoms with Crippen LogP contribution in [0.25, 0.3) is 0 Å². The Morgan fingerprint density at radius 2 is 1.83 bits per heavy atom. The van der Waals surface area contributed by atoms with Gasteiger partial charge in [-0.25, -0.2) is 4.79 Å². The van der Waals surface area contributed by atoms with Gasteiger partial charge in [-0.15, -0.1) is 0 Å². The fourth-order valence-electron chi connectivity index (χ4n) is 3.08. The molecule has 1 atom stereocenters. The van der Waals surface area contributed by atoms with Gasteiger partial charge in [0.15, 0.2) is 0 Å². The lowest BCUT2D eigenvalue weighted by atomic mass is 10.1. The summed E-state index contributed by atoms with van der Waals surface area (Å²) < 4.78 is 0. The van der Waals surface area contributed by atoms with Gasteiger partial charge in [0.2, 0.25) is 0 Å². The van der Waals surface area contributed by atoms with Gasteiger partial charge in [0.1, 0.15) is 0 Å². The molecule has 1 aromatic carbocycles. The number of hydrogen-bond donors (Lipinski definition) is 3. The Morgan fingerprint density at radius 3 is 2.46 bits per heavy atom. The molecule has 1 aliphatic heterocycles. The maximum absolute atomic E-state index is 12.3. The van der Waals surface area contributed by atoms with Crippen molar-refractivity contribution in [2.24, 2.45) is 0 Å². The van der Waals surface area contributed by atoms with E-state index in [0.29, 0.717) is 11.3 Å². The molecule has 0 radical (unpaired) electrons. The molecule has 3 rings (SSSR count). The minimum atomic E-state index is -0.242. The van der Waals surface area contributed by atoms with Gasteiger partial charge in [0.05, 0.1) is 0 Å². The summed E-state index contributed by atoms with van der Waals surface area (Å²) >= 11 is 0. The zero-order chi connectivity index (χ0) is 17.1. The Morgan fingerprint density at radius 1 is 1.12 bits per heavy atom. The van der Waals surface area contributed by atoms with Crippen molar-refractivity contribution < 1.29 is 9.59 Å². The van der Waals surface area contributed by atoms with Crippen LogP contribution in [-0.4, -0.2) is 48.1 Å². The van der Waals surface area contributed by atoms with E-state index in [9.17, 15) is 9.59 Å². The Bertz CT molecular complexity index is 596. The minimum absolute atomic E-state index is 0.0455. The third kappa shape index (κ3) is 4.47.